The van der Waals surface area contributed by atoms with E-state index in [1.807, 2.05) is 6.92 Å². The Balaban J connectivity index is 2.00. The molecule has 0 spiro atoms. The van der Waals surface area contributed by atoms with Crippen LogP contribution in [0, 0.1) is 17.0 Å². The summed E-state index contributed by atoms with van der Waals surface area (Å²) >= 11 is 0. The van der Waals surface area contributed by atoms with Gasteiger partial charge in [-0.05, 0) is 6.92 Å². The van der Waals surface area contributed by atoms with Gasteiger partial charge in [-0.15, -0.1) is 0 Å². The maximum absolute atomic E-state index is 12.2. The van der Waals surface area contributed by atoms with E-state index < -0.39 is 16.8 Å². The van der Waals surface area contributed by atoms with Gasteiger partial charge in [0.25, 0.3) is 5.69 Å². The monoisotopic (exact) mass is 312 g/mol. The van der Waals surface area contributed by atoms with Gasteiger partial charge < -0.3 is 10.1 Å². The number of rotatable bonds is 2. The van der Waals surface area contributed by atoms with E-state index in [1.165, 1.54) is 6.07 Å². The molecule has 0 fully saturated rings. The summed E-state index contributed by atoms with van der Waals surface area (Å²) in [6, 6.07) is 6.43. The number of hydrogen-bond acceptors (Lipinski definition) is 6. The number of aryl methyl sites for hydroxylation is 1. The number of aromatic amines is 1. The zero-order chi connectivity index (χ0) is 16.1. The Bertz CT molecular complexity index is 883. The zero-order valence-electron chi connectivity index (χ0n) is 12.1. The number of benzene rings is 1. The molecule has 0 unspecified atom stereocenters. The van der Waals surface area contributed by atoms with Gasteiger partial charge in [0.1, 0.15) is 6.61 Å². The number of nitrogens with zero attached hydrogens (tertiary/aromatic N) is 2. The average Bonchev–Trinajstić information content (AvgIpc) is 3.09. The van der Waals surface area contributed by atoms with Crippen molar-refractivity contribution in [3.8, 4) is 0 Å². The van der Waals surface area contributed by atoms with E-state index >= 15 is 0 Å². The predicted molar refractivity (Wildman–Crippen MR) is 79.9 cm³/mol. The number of esters is 1. The molecule has 2 aliphatic heterocycles. The van der Waals surface area contributed by atoms with Crippen LogP contribution >= 0.6 is 0 Å². The van der Waals surface area contributed by atoms with Crippen LogP contribution in [-0.2, 0) is 9.53 Å². The van der Waals surface area contributed by atoms with E-state index in [2.05, 4.69) is 15.5 Å². The third-order valence-corrected chi connectivity index (χ3v) is 4.18. The molecule has 8 nitrogen and oxygen atoms in total. The van der Waals surface area contributed by atoms with Gasteiger partial charge in [0.15, 0.2) is 5.82 Å². The molecule has 0 saturated heterocycles. The lowest BCUT2D eigenvalue weighted by atomic mass is 9.81. The van der Waals surface area contributed by atoms with Crippen LogP contribution in [0.25, 0.3) is 0 Å². The molecule has 2 aliphatic rings. The molecular weight excluding hydrogens is 300 g/mol. The molecule has 23 heavy (non-hydrogen) atoms. The molecule has 2 N–H and O–H groups in total. The minimum absolute atomic E-state index is 0.0301. The highest BCUT2D eigenvalue weighted by molar-refractivity contribution is 5.97. The molecule has 1 aromatic carbocycles. The van der Waals surface area contributed by atoms with Crippen LogP contribution in [0.1, 0.15) is 22.7 Å². The van der Waals surface area contributed by atoms with Crippen LogP contribution in [0.4, 0.5) is 11.5 Å². The molecule has 4 rings (SSSR count). The molecule has 0 aliphatic carbocycles. The number of cyclic esters (lactones) is 1. The number of hydrogen-bond donors (Lipinski definition) is 2. The van der Waals surface area contributed by atoms with Gasteiger partial charge in [0, 0.05) is 22.9 Å². The number of H-pyrrole nitrogens is 1. The van der Waals surface area contributed by atoms with E-state index in [9.17, 15) is 14.9 Å². The van der Waals surface area contributed by atoms with Gasteiger partial charge in [-0.3, -0.25) is 15.2 Å². The first kappa shape index (κ1) is 13.5. The first-order chi connectivity index (χ1) is 11.1. The summed E-state index contributed by atoms with van der Waals surface area (Å²) in [7, 11) is 0. The van der Waals surface area contributed by atoms with Crippen LogP contribution in [-0.4, -0.2) is 27.7 Å². The number of ether oxygens (including phenoxy) is 1. The van der Waals surface area contributed by atoms with Crippen molar-refractivity contribution in [1.29, 1.82) is 0 Å². The molecule has 0 amide bonds. The minimum Gasteiger partial charge on any atom is -0.456 e. The molecule has 0 saturated carbocycles. The van der Waals surface area contributed by atoms with Crippen molar-refractivity contribution in [1.82, 2.24) is 10.2 Å². The fourth-order valence-electron chi connectivity index (χ4n) is 3.19. The number of anilines is 1. The van der Waals surface area contributed by atoms with Crippen LogP contribution in [0.3, 0.4) is 0 Å². The summed E-state index contributed by atoms with van der Waals surface area (Å²) < 4.78 is 5.11. The Hall–Kier alpha value is -3.16. The van der Waals surface area contributed by atoms with Crippen molar-refractivity contribution >= 4 is 17.5 Å². The number of para-hydroxylation sites is 1. The van der Waals surface area contributed by atoms with Crippen molar-refractivity contribution in [2.45, 2.75) is 12.8 Å². The zero-order valence-corrected chi connectivity index (χ0v) is 12.1. The van der Waals surface area contributed by atoms with Crippen molar-refractivity contribution in [2.24, 2.45) is 0 Å². The second-order valence-electron chi connectivity index (χ2n) is 5.45. The van der Waals surface area contributed by atoms with Crippen LogP contribution < -0.4 is 5.32 Å². The quantitative estimate of drug-likeness (QED) is 0.498. The number of nitro groups is 1. The first-order valence-corrected chi connectivity index (χ1v) is 7.03. The summed E-state index contributed by atoms with van der Waals surface area (Å²) in [5, 5.41) is 21.5. The first-order valence-electron chi connectivity index (χ1n) is 7.03. The molecule has 8 heteroatoms. The van der Waals surface area contributed by atoms with Crippen molar-refractivity contribution in [3.63, 3.8) is 0 Å². The van der Waals surface area contributed by atoms with Gasteiger partial charge in [-0.1, -0.05) is 18.2 Å². The number of aromatic nitrogens is 2. The molecule has 0 radical (unpaired) electrons. The highest BCUT2D eigenvalue weighted by Crippen LogP contribution is 2.46. The lowest BCUT2D eigenvalue weighted by Crippen LogP contribution is -2.20. The Labute approximate surface area is 130 Å². The minimum atomic E-state index is -0.573. The highest BCUT2D eigenvalue weighted by atomic mass is 16.6. The smallest absolute Gasteiger partial charge is 0.337 e. The van der Waals surface area contributed by atoms with Crippen molar-refractivity contribution in [2.75, 3.05) is 11.9 Å². The lowest BCUT2D eigenvalue weighted by molar-refractivity contribution is -0.385. The third kappa shape index (κ3) is 1.84. The van der Waals surface area contributed by atoms with E-state index in [4.69, 9.17) is 4.74 Å². The average molecular weight is 312 g/mol. The van der Waals surface area contributed by atoms with Gasteiger partial charge in [0.2, 0.25) is 0 Å². The second kappa shape index (κ2) is 4.67. The lowest BCUT2D eigenvalue weighted by Gasteiger charge is -2.24. The van der Waals surface area contributed by atoms with Crippen LogP contribution in [0.5, 0.6) is 0 Å². The molecule has 0 bridgehead atoms. The van der Waals surface area contributed by atoms with Gasteiger partial charge >= 0.3 is 5.97 Å². The third-order valence-electron chi connectivity index (χ3n) is 4.18. The molecule has 3 heterocycles. The number of fused-ring (bicyclic) bond motifs is 1. The second-order valence-corrected chi connectivity index (χ2v) is 5.45. The summed E-state index contributed by atoms with van der Waals surface area (Å²) in [5.41, 5.74) is 2.93. The standard InChI is InChI=1S/C15H12N4O4/c1-7-11-12(8-4-2-3-5-10(8)19(21)22)13-9(6-23-15(13)20)16-14(11)18-17-7/h2-5,12H,6H2,1H3,(H2,16,17,18)/t12-/m1/s1. The maximum Gasteiger partial charge on any atom is 0.337 e. The van der Waals surface area contributed by atoms with Crippen molar-refractivity contribution in [3.05, 3.63) is 62.5 Å². The topological polar surface area (TPSA) is 110 Å². The normalized spacial score (nSPS) is 19.0. The summed E-state index contributed by atoms with van der Waals surface area (Å²) in [5.74, 6) is -0.457. The fourth-order valence-corrected chi connectivity index (χ4v) is 3.19. The summed E-state index contributed by atoms with van der Waals surface area (Å²) in [4.78, 5) is 23.2. The van der Waals surface area contributed by atoms with Crippen LogP contribution in [0.2, 0.25) is 0 Å². The summed E-state index contributed by atoms with van der Waals surface area (Å²) in [6.07, 6.45) is 0. The summed E-state index contributed by atoms with van der Waals surface area (Å²) in [6.45, 7) is 1.94. The SMILES string of the molecule is Cc1[nH]nc2c1[C@@H](c1ccccc1[N+](=O)[O-])C1=C(COC1=O)N2. The van der Waals surface area contributed by atoms with Gasteiger partial charge in [0.05, 0.1) is 22.1 Å². The van der Waals surface area contributed by atoms with E-state index in [0.29, 0.717) is 22.7 Å². The van der Waals surface area contributed by atoms with E-state index in [0.717, 1.165) is 11.3 Å². The van der Waals surface area contributed by atoms with Gasteiger partial charge in [-0.2, -0.15) is 5.10 Å². The number of nitrogens with one attached hydrogen (secondary N) is 2. The molecule has 1 aromatic heterocycles. The van der Waals surface area contributed by atoms with Crippen LogP contribution in [0.15, 0.2) is 35.5 Å². The number of carbonyl (C=O) groups is 1. The molecule has 2 aromatic rings. The van der Waals surface area contributed by atoms with Crippen molar-refractivity contribution < 1.29 is 14.5 Å². The molecule has 116 valence electrons. The maximum atomic E-state index is 12.2. The fraction of sp³-hybridized carbons (Fsp3) is 0.200. The Kier molecular flexibility index (Phi) is 2.74. The Morgan fingerprint density at radius 3 is 2.96 bits per heavy atom. The largest absolute Gasteiger partial charge is 0.456 e. The van der Waals surface area contributed by atoms with E-state index in [-0.39, 0.29) is 12.3 Å². The Morgan fingerprint density at radius 1 is 1.39 bits per heavy atom. The Morgan fingerprint density at radius 2 is 2.17 bits per heavy atom. The highest BCUT2D eigenvalue weighted by Gasteiger charge is 2.42. The predicted octanol–water partition coefficient (Wildman–Crippen LogP) is 1.99. The molecular formula is C15H12N4O4. The number of nitro benzene ring substituents is 1. The molecule has 1 atom stereocenters. The van der Waals surface area contributed by atoms with E-state index in [1.54, 1.807) is 18.2 Å². The number of carbonyl (C=O) groups excluding carboxylic acids is 1. The van der Waals surface area contributed by atoms with Gasteiger partial charge in [-0.25, -0.2) is 4.79 Å².